The standard InChI is InChI=1S/C24H33NO3/c1-19(22(26)15-16-23(27)28-24(2,3)4)25(17-20-11-7-5-8-12-20)18-21-13-9-6-10-14-21/h5-14,19,22,26H,15-18H2,1-4H3/t19-,22?/m0/s1. The molecule has 28 heavy (non-hydrogen) atoms. The Morgan fingerprint density at radius 3 is 1.86 bits per heavy atom. The molecule has 0 radical (unpaired) electrons. The van der Waals surface area contributed by atoms with Crippen LogP contribution in [0.4, 0.5) is 0 Å². The van der Waals surface area contributed by atoms with Crippen molar-refractivity contribution in [3.05, 3.63) is 71.8 Å². The molecule has 0 fully saturated rings. The lowest BCUT2D eigenvalue weighted by atomic mass is 10.0. The number of hydrogen-bond donors (Lipinski definition) is 1. The van der Waals surface area contributed by atoms with Crippen molar-refractivity contribution in [2.24, 2.45) is 0 Å². The van der Waals surface area contributed by atoms with Crippen LogP contribution >= 0.6 is 0 Å². The summed E-state index contributed by atoms with van der Waals surface area (Å²) in [5.41, 5.74) is 1.90. The van der Waals surface area contributed by atoms with Crippen LogP contribution in [-0.2, 0) is 22.6 Å². The molecule has 2 aromatic carbocycles. The fourth-order valence-corrected chi connectivity index (χ4v) is 3.12. The highest BCUT2D eigenvalue weighted by atomic mass is 16.6. The highest BCUT2D eigenvalue weighted by molar-refractivity contribution is 5.69. The summed E-state index contributed by atoms with van der Waals surface area (Å²) in [7, 11) is 0. The van der Waals surface area contributed by atoms with Gasteiger partial charge in [-0.25, -0.2) is 0 Å². The van der Waals surface area contributed by atoms with Gasteiger partial charge in [0.2, 0.25) is 0 Å². The van der Waals surface area contributed by atoms with Gasteiger partial charge in [0.15, 0.2) is 0 Å². The van der Waals surface area contributed by atoms with Crippen LogP contribution in [0.15, 0.2) is 60.7 Å². The van der Waals surface area contributed by atoms with E-state index < -0.39 is 11.7 Å². The van der Waals surface area contributed by atoms with Gasteiger partial charge >= 0.3 is 5.97 Å². The zero-order valence-corrected chi connectivity index (χ0v) is 17.5. The molecule has 1 unspecified atom stereocenters. The van der Waals surface area contributed by atoms with E-state index in [0.29, 0.717) is 6.42 Å². The topological polar surface area (TPSA) is 49.8 Å². The van der Waals surface area contributed by atoms with Crippen molar-refractivity contribution in [2.45, 2.75) is 71.4 Å². The third-order valence-electron chi connectivity index (χ3n) is 4.65. The predicted molar refractivity (Wildman–Crippen MR) is 113 cm³/mol. The molecule has 0 amide bonds. The Morgan fingerprint density at radius 2 is 1.43 bits per heavy atom. The summed E-state index contributed by atoms with van der Waals surface area (Å²) in [5, 5.41) is 10.7. The van der Waals surface area contributed by atoms with Gasteiger partial charge < -0.3 is 9.84 Å². The molecule has 4 heteroatoms. The maximum Gasteiger partial charge on any atom is 0.306 e. The average molecular weight is 384 g/mol. The summed E-state index contributed by atoms with van der Waals surface area (Å²) in [6, 6.07) is 20.4. The van der Waals surface area contributed by atoms with Gasteiger partial charge in [-0.2, -0.15) is 0 Å². The van der Waals surface area contributed by atoms with E-state index in [1.807, 2.05) is 64.1 Å². The number of carbonyl (C=O) groups excluding carboxylic acids is 1. The number of carbonyl (C=O) groups is 1. The molecule has 1 N–H and O–H groups in total. The lowest BCUT2D eigenvalue weighted by Crippen LogP contribution is -2.41. The van der Waals surface area contributed by atoms with Gasteiger partial charge in [0.1, 0.15) is 5.60 Å². The van der Waals surface area contributed by atoms with E-state index in [2.05, 4.69) is 29.2 Å². The second-order valence-electron chi connectivity index (χ2n) is 8.31. The van der Waals surface area contributed by atoms with Gasteiger partial charge in [-0.05, 0) is 45.2 Å². The molecule has 0 aliphatic heterocycles. The molecule has 0 bridgehead atoms. The molecule has 0 aromatic heterocycles. The Morgan fingerprint density at radius 1 is 0.964 bits per heavy atom. The minimum atomic E-state index is -0.611. The Balaban J connectivity index is 2.02. The zero-order valence-electron chi connectivity index (χ0n) is 17.5. The minimum Gasteiger partial charge on any atom is -0.460 e. The summed E-state index contributed by atoms with van der Waals surface area (Å²) in [4.78, 5) is 14.2. The first-order chi connectivity index (χ1) is 13.2. The first kappa shape index (κ1) is 22.1. The van der Waals surface area contributed by atoms with Crippen LogP contribution in [0, 0.1) is 0 Å². The number of aliphatic hydroxyl groups excluding tert-OH is 1. The number of rotatable bonds is 9. The summed E-state index contributed by atoms with van der Waals surface area (Å²) in [6.45, 7) is 9.05. The number of benzene rings is 2. The molecule has 152 valence electrons. The van der Waals surface area contributed by atoms with Crippen molar-refractivity contribution in [2.75, 3.05) is 0 Å². The van der Waals surface area contributed by atoms with Gasteiger partial charge in [0.25, 0.3) is 0 Å². The number of esters is 1. The maximum atomic E-state index is 12.0. The van der Waals surface area contributed by atoms with Crippen LogP contribution in [0.3, 0.4) is 0 Å². The quantitative estimate of drug-likeness (QED) is 0.645. The molecular formula is C24H33NO3. The smallest absolute Gasteiger partial charge is 0.306 e. The van der Waals surface area contributed by atoms with E-state index in [1.165, 1.54) is 11.1 Å². The van der Waals surface area contributed by atoms with Crippen molar-refractivity contribution in [3.63, 3.8) is 0 Å². The van der Waals surface area contributed by atoms with Gasteiger partial charge in [0.05, 0.1) is 6.10 Å². The first-order valence-corrected chi connectivity index (χ1v) is 9.96. The molecule has 2 aromatic rings. The Kier molecular flexibility index (Phi) is 8.21. The third kappa shape index (κ3) is 7.83. The normalized spacial score (nSPS) is 13.9. The Labute approximate surface area is 169 Å². The van der Waals surface area contributed by atoms with Crippen LogP contribution in [0.1, 0.15) is 51.7 Å². The van der Waals surface area contributed by atoms with Gasteiger partial charge in [0, 0.05) is 25.6 Å². The molecule has 2 rings (SSSR count). The lowest BCUT2D eigenvalue weighted by Gasteiger charge is -2.32. The first-order valence-electron chi connectivity index (χ1n) is 9.96. The van der Waals surface area contributed by atoms with E-state index in [0.717, 1.165) is 13.1 Å². The van der Waals surface area contributed by atoms with Crippen molar-refractivity contribution >= 4 is 5.97 Å². The lowest BCUT2D eigenvalue weighted by molar-refractivity contribution is -0.155. The Bertz CT molecular complexity index is 668. The molecule has 0 aliphatic rings. The van der Waals surface area contributed by atoms with Crippen LogP contribution in [0.2, 0.25) is 0 Å². The van der Waals surface area contributed by atoms with E-state index in [4.69, 9.17) is 4.74 Å². The van der Waals surface area contributed by atoms with E-state index in [-0.39, 0.29) is 18.4 Å². The minimum absolute atomic E-state index is 0.0946. The second kappa shape index (κ2) is 10.4. The fourth-order valence-electron chi connectivity index (χ4n) is 3.12. The van der Waals surface area contributed by atoms with E-state index >= 15 is 0 Å². The van der Waals surface area contributed by atoms with Crippen LogP contribution in [0.25, 0.3) is 0 Å². The predicted octanol–water partition coefficient (Wildman–Crippen LogP) is 4.56. The van der Waals surface area contributed by atoms with E-state index in [1.54, 1.807) is 0 Å². The number of aliphatic hydroxyl groups is 1. The van der Waals surface area contributed by atoms with Crippen LogP contribution in [-0.4, -0.2) is 33.7 Å². The second-order valence-corrected chi connectivity index (χ2v) is 8.31. The third-order valence-corrected chi connectivity index (χ3v) is 4.65. The fraction of sp³-hybridized carbons (Fsp3) is 0.458. The summed E-state index contributed by atoms with van der Waals surface area (Å²) < 4.78 is 5.36. The number of ether oxygens (including phenoxy) is 1. The van der Waals surface area contributed by atoms with Crippen LogP contribution in [0.5, 0.6) is 0 Å². The molecule has 4 nitrogen and oxygen atoms in total. The monoisotopic (exact) mass is 383 g/mol. The van der Waals surface area contributed by atoms with Crippen LogP contribution < -0.4 is 0 Å². The number of hydrogen-bond acceptors (Lipinski definition) is 4. The molecule has 2 atom stereocenters. The Hall–Kier alpha value is -2.17. The van der Waals surface area contributed by atoms with Crippen molar-refractivity contribution < 1.29 is 14.6 Å². The van der Waals surface area contributed by atoms with Gasteiger partial charge in [-0.1, -0.05) is 60.7 Å². The molecule has 0 saturated heterocycles. The van der Waals surface area contributed by atoms with Gasteiger partial charge in [-0.3, -0.25) is 9.69 Å². The van der Waals surface area contributed by atoms with Crippen molar-refractivity contribution in [1.29, 1.82) is 0 Å². The summed E-state index contributed by atoms with van der Waals surface area (Å²) in [6.07, 6.45) is -0.0105. The highest BCUT2D eigenvalue weighted by Crippen LogP contribution is 2.18. The molecule has 0 aliphatic carbocycles. The molecule has 0 spiro atoms. The van der Waals surface area contributed by atoms with Gasteiger partial charge in [-0.15, -0.1) is 0 Å². The number of nitrogens with zero attached hydrogens (tertiary/aromatic N) is 1. The molecule has 0 heterocycles. The highest BCUT2D eigenvalue weighted by Gasteiger charge is 2.24. The maximum absolute atomic E-state index is 12.0. The van der Waals surface area contributed by atoms with Crippen molar-refractivity contribution in [3.8, 4) is 0 Å². The van der Waals surface area contributed by atoms with E-state index in [9.17, 15) is 9.90 Å². The summed E-state index contributed by atoms with van der Waals surface area (Å²) in [5.74, 6) is -0.267. The SMILES string of the molecule is C[C@@H](C(O)CCC(=O)OC(C)(C)C)N(Cc1ccccc1)Cc1ccccc1. The zero-order chi connectivity index (χ0) is 20.6. The molecular weight excluding hydrogens is 350 g/mol. The average Bonchev–Trinajstić information content (AvgIpc) is 2.65. The largest absolute Gasteiger partial charge is 0.460 e. The van der Waals surface area contributed by atoms with Crippen molar-refractivity contribution in [1.82, 2.24) is 4.90 Å². The molecule has 0 saturated carbocycles. The summed E-state index contributed by atoms with van der Waals surface area (Å²) >= 11 is 0.